The summed E-state index contributed by atoms with van der Waals surface area (Å²) < 4.78 is 11.4. The van der Waals surface area contributed by atoms with Crippen molar-refractivity contribution in [2.24, 2.45) is 58.2 Å². The van der Waals surface area contributed by atoms with Crippen LogP contribution in [0.25, 0.3) is 0 Å². The molecule has 4 saturated carbocycles. The van der Waals surface area contributed by atoms with Gasteiger partial charge in [-0.05, 0) is 72.5 Å². The molecule has 0 aliphatic heterocycles. The number of hydrogen-bond acceptors (Lipinski definition) is 7. The summed E-state index contributed by atoms with van der Waals surface area (Å²) in [4.78, 5) is 37.6. The molecule has 5 unspecified atom stereocenters. The Morgan fingerprint density at radius 1 is 0.974 bits per heavy atom. The maximum Gasteiger partial charge on any atom is 0.302 e. The van der Waals surface area contributed by atoms with Crippen LogP contribution in [0.3, 0.4) is 0 Å². The van der Waals surface area contributed by atoms with E-state index in [4.69, 9.17) is 9.47 Å². The van der Waals surface area contributed by atoms with E-state index in [-0.39, 0.29) is 53.6 Å². The second kappa shape index (κ2) is 10.9. The molecule has 0 heterocycles. The average molecular weight is 547 g/mol. The maximum absolute atomic E-state index is 13.8. The monoisotopic (exact) mass is 546 g/mol. The van der Waals surface area contributed by atoms with Crippen LogP contribution in [0.2, 0.25) is 0 Å². The molecule has 0 amide bonds. The Labute approximate surface area is 234 Å². The number of ketones is 1. The van der Waals surface area contributed by atoms with Crippen molar-refractivity contribution in [1.82, 2.24) is 0 Å². The highest BCUT2D eigenvalue weighted by Gasteiger charge is 2.69. The zero-order chi connectivity index (χ0) is 29.0. The Balaban J connectivity index is 1.70. The highest BCUT2D eigenvalue weighted by atomic mass is 16.5. The number of hydrogen-bond donors (Lipinski definition) is 2. The van der Waals surface area contributed by atoms with Crippen molar-refractivity contribution in [3.63, 3.8) is 0 Å². The molecule has 4 aliphatic carbocycles. The third-order valence-electron chi connectivity index (χ3n) is 11.5. The molecule has 0 radical (unpaired) electrons. The molecule has 0 bridgehead atoms. The molecule has 0 spiro atoms. The smallest absolute Gasteiger partial charge is 0.302 e. The maximum atomic E-state index is 13.8. The van der Waals surface area contributed by atoms with Gasteiger partial charge in [0.2, 0.25) is 0 Å². The van der Waals surface area contributed by atoms with Crippen LogP contribution in [0.4, 0.5) is 0 Å². The Bertz CT molecular complexity index is 989. The van der Waals surface area contributed by atoms with Gasteiger partial charge in [0.05, 0.1) is 6.10 Å². The number of carbonyl (C=O) groups excluding carboxylic acids is 3. The summed E-state index contributed by atoms with van der Waals surface area (Å²) in [6.45, 7) is 15.8. The van der Waals surface area contributed by atoms with Gasteiger partial charge in [0.1, 0.15) is 18.3 Å². The molecule has 7 nitrogen and oxygen atoms in total. The number of aliphatic hydroxyl groups excluding tert-OH is 2. The normalized spacial score (nSPS) is 45.3. The van der Waals surface area contributed by atoms with Gasteiger partial charge in [-0.25, -0.2) is 0 Å². The standard InChI is InChI=1S/C32H50O7/c1-16(2)17(3)9-10-18(4)27-25(39-20(6)34)14-22-26-28(24(35)15-32(22,27)8)31(7)12-11-21(38-19(5)33)13-23(31)29(36)30(26)37/h9-10,16-18,21-28,30,35,37H,11-15H2,1-8H3/b10-9+/t17?,18?,21-,22?,23+,24-,25-,26?,27-,28?,30+,31-,32-/m0/s1. The Hall–Kier alpha value is -1.73. The van der Waals surface area contributed by atoms with Crippen LogP contribution in [0.1, 0.15) is 87.5 Å². The fourth-order valence-electron chi connectivity index (χ4n) is 9.44. The van der Waals surface area contributed by atoms with Gasteiger partial charge in [-0.2, -0.15) is 0 Å². The van der Waals surface area contributed by atoms with Gasteiger partial charge in [-0.1, -0.05) is 53.7 Å². The minimum atomic E-state index is -1.20. The lowest BCUT2D eigenvalue weighted by molar-refractivity contribution is -0.211. The first-order valence-corrected chi connectivity index (χ1v) is 15.0. The Kier molecular flexibility index (Phi) is 8.47. The predicted octanol–water partition coefficient (Wildman–Crippen LogP) is 4.72. The molecule has 13 atom stereocenters. The predicted molar refractivity (Wildman–Crippen MR) is 147 cm³/mol. The molecule has 0 aromatic heterocycles. The number of fused-ring (bicyclic) bond motifs is 5. The van der Waals surface area contributed by atoms with Gasteiger partial charge >= 0.3 is 11.9 Å². The summed E-state index contributed by atoms with van der Waals surface area (Å²) in [5.41, 5.74) is -0.906. The highest BCUT2D eigenvalue weighted by Crippen LogP contribution is 2.68. The molecule has 0 aromatic rings. The first kappa shape index (κ1) is 30.2. The van der Waals surface area contributed by atoms with Crippen LogP contribution in [0.5, 0.6) is 0 Å². The van der Waals surface area contributed by atoms with Gasteiger partial charge in [-0.15, -0.1) is 0 Å². The summed E-state index contributed by atoms with van der Waals surface area (Å²) in [7, 11) is 0. The molecule has 0 aromatic carbocycles. The summed E-state index contributed by atoms with van der Waals surface area (Å²) in [6.07, 6.45) is 4.68. The first-order valence-electron chi connectivity index (χ1n) is 15.0. The van der Waals surface area contributed by atoms with Crippen LogP contribution in [0, 0.1) is 58.2 Å². The number of rotatable bonds is 6. The SMILES string of the molecule is CC(=O)O[C@H]1CC[C@]2(C)C3C(C4C[C@H](OC(C)=O)[C@H](C(C)/C=C/C(C)C(C)C)[C@@]4(C)C[C@@H]3O)[C@@H](O)C(=O)[C@H]2C1. The van der Waals surface area contributed by atoms with Gasteiger partial charge in [-0.3, -0.25) is 14.4 Å². The van der Waals surface area contributed by atoms with Gasteiger partial charge < -0.3 is 19.7 Å². The Morgan fingerprint density at radius 3 is 2.21 bits per heavy atom. The van der Waals surface area contributed by atoms with E-state index in [0.29, 0.717) is 43.9 Å². The molecule has 220 valence electrons. The highest BCUT2D eigenvalue weighted by molar-refractivity contribution is 5.87. The van der Waals surface area contributed by atoms with E-state index >= 15 is 0 Å². The zero-order valence-electron chi connectivity index (χ0n) is 25.1. The number of esters is 2. The fraction of sp³-hybridized carbons (Fsp3) is 0.844. The van der Waals surface area contributed by atoms with Crippen molar-refractivity contribution in [2.75, 3.05) is 0 Å². The molecule has 0 saturated heterocycles. The van der Waals surface area contributed by atoms with E-state index in [2.05, 4.69) is 53.7 Å². The van der Waals surface area contributed by atoms with Crippen molar-refractivity contribution in [2.45, 2.75) is 112 Å². The third kappa shape index (κ3) is 5.23. The number of Topliss-reactive ketones (excluding diaryl/α,β-unsaturated/α-hetero) is 1. The van der Waals surface area contributed by atoms with Crippen molar-refractivity contribution in [3.05, 3.63) is 12.2 Å². The average Bonchev–Trinajstić information content (AvgIpc) is 3.10. The second-order valence-corrected chi connectivity index (χ2v) is 14.2. The van der Waals surface area contributed by atoms with Crippen molar-refractivity contribution in [3.8, 4) is 0 Å². The number of aliphatic hydroxyl groups is 2. The van der Waals surface area contributed by atoms with Gasteiger partial charge in [0.15, 0.2) is 5.78 Å². The molecule has 4 rings (SSSR count). The largest absolute Gasteiger partial charge is 0.463 e. The van der Waals surface area contributed by atoms with Crippen molar-refractivity contribution >= 4 is 17.7 Å². The van der Waals surface area contributed by atoms with Crippen LogP contribution in [-0.2, 0) is 23.9 Å². The van der Waals surface area contributed by atoms with Gasteiger partial charge in [0, 0.05) is 31.6 Å². The van der Waals surface area contributed by atoms with Gasteiger partial charge in [0.25, 0.3) is 0 Å². The second-order valence-electron chi connectivity index (χ2n) is 14.2. The van der Waals surface area contributed by atoms with E-state index < -0.39 is 34.9 Å². The van der Waals surface area contributed by atoms with Crippen molar-refractivity contribution < 1.29 is 34.1 Å². The fourth-order valence-corrected chi connectivity index (χ4v) is 9.44. The summed E-state index contributed by atoms with van der Waals surface area (Å²) >= 11 is 0. The summed E-state index contributed by atoms with van der Waals surface area (Å²) in [5.74, 6) is -1.12. The number of carbonyl (C=O) groups is 3. The number of allylic oxidation sites excluding steroid dienone is 2. The van der Waals surface area contributed by atoms with Crippen LogP contribution in [-0.4, -0.2) is 52.4 Å². The third-order valence-corrected chi connectivity index (χ3v) is 11.5. The molecule has 4 fully saturated rings. The molecular weight excluding hydrogens is 496 g/mol. The molecule has 7 heteroatoms. The Morgan fingerprint density at radius 2 is 1.62 bits per heavy atom. The minimum Gasteiger partial charge on any atom is -0.463 e. The molecule has 2 N–H and O–H groups in total. The van der Waals surface area contributed by atoms with Crippen LogP contribution in [0.15, 0.2) is 12.2 Å². The minimum absolute atomic E-state index is 0.0369. The van der Waals surface area contributed by atoms with E-state index in [1.165, 1.54) is 13.8 Å². The quantitative estimate of drug-likeness (QED) is 0.366. The van der Waals surface area contributed by atoms with E-state index in [9.17, 15) is 24.6 Å². The lowest BCUT2D eigenvalue weighted by Gasteiger charge is -2.62. The molecule has 39 heavy (non-hydrogen) atoms. The number of ether oxygens (including phenoxy) is 2. The van der Waals surface area contributed by atoms with E-state index in [1.807, 2.05) is 0 Å². The van der Waals surface area contributed by atoms with Crippen LogP contribution >= 0.6 is 0 Å². The topological polar surface area (TPSA) is 110 Å². The zero-order valence-corrected chi connectivity index (χ0v) is 25.1. The van der Waals surface area contributed by atoms with E-state index in [0.717, 1.165) is 0 Å². The lowest BCUT2D eigenvalue weighted by atomic mass is 9.42. The summed E-state index contributed by atoms with van der Waals surface area (Å²) in [5, 5.41) is 23.5. The molecule has 4 aliphatic rings. The summed E-state index contributed by atoms with van der Waals surface area (Å²) in [6, 6.07) is 0. The lowest BCUT2D eigenvalue weighted by Crippen LogP contribution is -2.66. The first-order chi connectivity index (χ1) is 18.1. The molecular formula is C32H50O7. The van der Waals surface area contributed by atoms with Crippen LogP contribution < -0.4 is 0 Å². The van der Waals surface area contributed by atoms with Crippen molar-refractivity contribution in [1.29, 1.82) is 0 Å². The van der Waals surface area contributed by atoms with E-state index in [1.54, 1.807) is 0 Å².